The Morgan fingerprint density at radius 3 is 2.47 bits per heavy atom. The summed E-state index contributed by atoms with van der Waals surface area (Å²) in [6, 6.07) is 7.36. The number of hydrogen-bond donors (Lipinski definition) is 1. The van der Waals surface area contributed by atoms with Crippen LogP contribution >= 0.6 is 24.0 Å². The zero-order chi connectivity index (χ0) is 9.97. The molecule has 0 amide bonds. The highest BCUT2D eigenvalue weighted by Crippen LogP contribution is 2.12. The second-order valence-electron chi connectivity index (χ2n) is 2.83. The molecule has 0 aliphatic rings. The molecular weight excluding hydrogens is 235 g/mol. The summed E-state index contributed by atoms with van der Waals surface area (Å²) in [5.74, 6) is 0. The van der Waals surface area contributed by atoms with Gasteiger partial charge in [0, 0.05) is 11.6 Å². The smallest absolute Gasteiger partial charge is 0.0967 e. The fourth-order valence-corrected chi connectivity index (χ4v) is 1.24. The number of benzene rings is 1. The van der Waals surface area contributed by atoms with Gasteiger partial charge in [-0.1, -0.05) is 16.8 Å². The maximum absolute atomic E-state index is 5.77. The molecule has 0 fully saturated rings. The van der Waals surface area contributed by atoms with Crippen LogP contribution in [0.15, 0.2) is 30.5 Å². The quantitative estimate of drug-likeness (QED) is 0.877. The maximum Gasteiger partial charge on any atom is 0.0967 e. The van der Waals surface area contributed by atoms with Gasteiger partial charge < -0.3 is 5.73 Å². The van der Waals surface area contributed by atoms with Gasteiger partial charge in [-0.25, -0.2) is 4.68 Å². The first-order valence-corrected chi connectivity index (χ1v) is 4.54. The van der Waals surface area contributed by atoms with Crippen molar-refractivity contribution < 1.29 is 0 Å². The van der Waals surface area contributed by atoms with Crippen LogP contribution in [0.1, 0.15) is 5.69 Å². The van der Waals surface area contributed by atoms with E-state index in [2.05, 4.69) is 10.3 Å². The molecule has 15 heavy (non-hydrogen) atoms. The van der Waals surface area contributed by atoms with Gasteiger partial charge in [0.05, 0.1) is 17.6 Å². The van der Waals surface area contributed by atoms with Crippen LogP contribution in [-0.4, -0.2) is 15.0 Å². The molecule has 0 atom stereocenters. The van der Waals surface area contributed by atoms with Gasteiger partial charge in [-0.15, -0.1) is 17.5 Å². The molecule has 1 heterocycles. The first kappa shape index (κ1) is 12.0. The van der Waals surface area contributed by atoms with Crippen molar-refractivity contribution in [3.8, 4) is 5.69 Å². The van der Waals surface area contributed by atoms with Crippen molar-refractivity contribution >= 4 is 24.0 Å². The molecular formula is C9H10Cl2N4. The van der Waals surface area contributed by atoms with Crippen LogP contribution in [-0.2, 0) is 6.54 Å². The monoisotopic (exact) mass is 244 g/mol. The number of hydrogen-bond acceptors (Lipinski definition) is 3. The summed E-state index contributed by atoms with van der Waals surface area (Å²) in [5.41, 5.74) is 7.11. The van der Waals surface area contributed by atoms with Gasteiger partial charge in [-0.3, -0.25) is 0 Å². The Morgan fingerprint density at radius 1 is 1.27 bits per heavy atom. The Balaban J connectivity index is 0.00000112. The molecule has 0 aliphatic heterocycles. The number of rotatable bonds is 2. The number of nitrogens with zero attached hydrogens (tertiary/aromatic N) is 3. The normalized spacial score (nSPS) is 9.73. The van der Waals surface area contributed by atoms with E-state index in [1.165, 1.54) is 0 Å². The number of halogens is 2. The summed E-state index contributed by atoms with van der Waals surface area (Å²) < 4.78 is 1.67. The van der Waals surface area contributed by atoms with Crippen molar-refractivity contribution in [1.29, 1.82) is 0 Å². The minimum Gasteiger partial charge on any atom is -0.325 e. The van der Waals surface area contributed by atoms with Gasteiger partial charge >= 0.3 is 0 Å². The van der Waals surface area contributed by atoms with E-state index in [0.29, 0.717) is 11.6 Å². The maximum atomic E-state index is 5.77. The van der Waals surface area contributed by atoms with Crippen molar-refractivity contribution in [2.45, 2.75) is 6.54 Å². The lowest BCUT2D eigenvalue weighted by atomic mass is 10.3. The largest absolute Gasteiger partial charge is 0.325 e. The lowest BCUT2D eigenvalue weighted by Crippen LogP contribution is -1.95. The molecule has 2 rings (SSSR count). The molecule has 0 radical (unpaired) electrons. The highest BCUT2D eigenvalue weighted by atomic mass is 35.5. The lowest BCUT2D eigenvalue weighted by molar-refractivity contribution is 0.797. The standard InChI is InChI=1S/C9H9ClN4.ClH/c10-7-1-3-9(4-2-7)14-6-8(5-11)12-13-14;/h1-4,6H,5,11H2;1H. The molecule has 2 N–H and O–H groups in total. The topological polar surface area (TPSA) is 56.7 Å². The fourth-order valence-electron chi connectivity index (χ4n) is 1.11. The predicted octanol–water partition coefficient (Wildman–Crippen LogP) is 1.80. The summed E-state index contributed by atoms with van der Waals surface area (Å²) in [6.07, 6.45) is 1.79. The van der Waals surface area contributed by atoms with E-state index in [-0.39, 0.29) is 12.4 Å². The molecule has 80 valence electrons. The molecule has 1 aromatic carbocycles. The Hall–Kier alpha value is -1.10. The van der Waals surface area contributed by atoms with Crippen LogP contribution in [0.2, 0.25) is 5.02 Å². The summed E-state index contributed by atoms with van der Waals surface area (Å²) in [5, 5.41) is 8.52. The van der Waals surface area contributed by atoms with Gasteiger partial charge in [-0.2, -0.15) is 0 Å². The van der Waals surface area contributed by atoms with Crippen molar-refractivity contribution in [2.75, 3.05) is 0 Å². The molecule has 0 saturated heterocycles. The van der Waals surface area contributed by atoms with Crippen LogP contribution in [0.5, 0.6) is 0 Å². The highest BCUT2D eigenvalue weighted by molar-refractivity contribution is 6.30. The predicted molar refractivity (Wildman–Crippen MR) is 61.5 cm³/mol. The van der Waals surface area contributed by atoms with Gasteiger partial charge in [0.1, 0.15) is 0 Å². The van der Waals surface area contributed by atoms with E-state index in [1.807, 2.05) is 12.1 Å². The van der Waals surface area contributed by atoms with E-state index in [1.54, 1.807) is 23.0 Å². The molecule has 0 spiro atoms. The van der Waals surface area contributed by atoms with Crippen molar-refractivity contribution in [2.24, 2.45) is 5.73 Å². The average Bonchev–Trinajstić information content (AvgIpc) is 2.67. The summed E-state index contributed by atoms with van der Waals surface area (Å²) in [7, 11) is 0. The van der Waals surface area contributed by atoms with Gasteiger partial charge in [0.25, 0.3) is 0 Å². The SMILES string of the molecule is Cl.NCc1cn(-c2ccc(Cl)cc2)nn1. The molecule has 0 unspecified atom stereocenters. The first-order valence-electron chi connectivity index (χ1n) is 4.17. The highest BCUT2D eigenvalue weighted by Gasteiger charge is 2.00. The van der Waals surface area contributed by atoms with Crippen LogP contribution in [0, 0.1) is 0 Å². The summed E-state index contributed by atoms with van der Waals surface area (Å²) in [4.78, 5) is 0. The number of aromatic nitrogens is 3. The third-order valence-corrected chi connectivity index (χ3v) is 2.09. The Kier molecular flexibility index (Phi) is 4.08. The van der Waals surface area contributed by atoms with E-state index < -0.39 is 0 Å². The second-order valence-corrected chi connectivity index (χ2v) is 3.27. The molecule has 6 heteroatoms. The minimum absolute atomic E-state index is 0. The Labute approximate surface area is 98.4 Å². The minimum atomic E-state index is 0. The van der Waals surface area contributed by atoms with Crippen LogP contribution in [0.25, 0.3) is 5.69 Å². The Morgan fingerprint density at radius 2 is 1.93 bits per heavy atom. The van der Waals surface area contributed by atoms with Crippen LogP contribution < -0.4 is 5.73 Å². The zero-order valence-electron chi connectivity index (χ0n) is 7.80. The van der Waals surface area contributed by atoms with Gasteiger partial charge in [0.2, 0.25) is 0 Å². The average molecular weight is 245 g/mol. The van der Waals surface area contributed by atoms with Crippen molar-refractivity contribution in [3.05, 3.63) is 41.2 Å². The van der Waals surface area contributed by atoms with Crippen LogP contribution in [0.4, 0.5) is 0 Å². The van der Waals surface area contributed by atoms with E-state index in [4.69, 9.17) is 17.3 Å². The molecule has 4 nitrogen and oxygen atoms in total. The molecule has 1 aromatic heterocycles. The third-order valence-electron chi connectivity index (χ3n) is 1.84. The van der Waals surface area contributed by atoms with E-state index in [0.717, 1.165) is 11.4 Å². The van der Waals surface area contributed by atoms with E-state index >= 15 is 0 Å². The molecule has 0 saturated carbocycles. The van der Waals surface area contributed by atoms with Gasteiger partial charge in [-0.05, 0) is 24.3 Å². The van der Waals surface area contributed by atoms with Crippen molar-refractivity contribution in [1.82, 2.24) is 15.0 Å². The third kappa shape index (κ3) is 2.68. The molecule has 0 bridgehead atoms. The molecule has 2 aromatic rings. The second kappa shape index (κ2) is 5.11. The zero-order valence-corrected chi connectivity index (χ0v) is 9.37. The molecule has 0 aliphatic carbocycles. The van der Waals surface area contributed by atoms with Crippen LogP contribution in [0.3, 0.4) is 0 Å². The Bertz CT molecular complexity index is 424. The first-order chi connectivity index (χ1) is 6.79. The van der Waals surface area contributed by atoms with Gasteiger partial charge in [0.15, 0.2) is 0 Å². The lowest BCUT2D eigenvalue weighted by Gasteiger charge is -1.98. The summed E-state index contributed by atoms with van der Waals surface area (Å²) >= 11 is 5.77. The fraction of sp³-hybridized carbons (Fsp3) is 0.111. The summed E-state index contributed by atoms with van der Waals surface area (Å²) in [6.45, 7) is 0.396. The van der Waals surface area contributed by atoms with E-state index in [9.17, 15) is 0 Å². The van der Waals surface area contributed by atoms with Crippen molar-refractivity contribution in [3.63, 3.8) is 0 Å². The number of nitrogens with two attached hydrogens (primary N) is 1.